The van der Waals surface area contributed by atoms with E-state index in [2.05, 4.69) is 0 Å². The SMILES string of the molecule is O=C1CCC=C1/C=C\C=C\c1ccccc1. The number of carbonyl (C=O) groups excluding carboxylic acids is 1. The monoisotopic (exact) mass is 210 g/mol. The molecule has 2 rings (SSSR count). The van der Waals surface area contributed by atoms with E-state index in [9.17, 15) is 4.79 Å². The van der Waals surface area contributed by atoms with Crippen LogP contribution in [0.4, 0.5) is 0 Å². The minimum Gasteiger partial charge on any atom is -0.294 e. The fourth-order valence-electron chi connectivity index (χ4n) is 1.67. The highest BCUT2D eigenvalue weighted by molar-refractivity contribution is 6.00. The molecule has 0 spiro atoms. The van der Waals surface area contributed by atoms with Gasteiger partial charge in [-0.25, -0.2) is 0 Å². The van der Waals surface area contributed by atoms with Crippen LogP contribution < -0.4 is 0 Å². The number of ketones is 1. The molecule has 0 saturated heterocycles. The minimum atomic E-state index is 0.254. The van der Waals surface area contributed by atoms with Crippen LogP contribution in [0.1, 0.15) is 18.4 Å². The molecule has 0 saturated carbocycles. The molecule has 16 heavy (non-hydrogen) atoms. The first kappa shape index (κ1) is 10.6. The zero-order valence-electron chi connectivity index (χ0n) is 9.10. The van der Waals surface area contributed by atoms with Crippen LogP contribution in [0.3, 0.4) is 0 Å². The average Bonchev–Trinajstić information content (AvgIpc) is 2.72. The van der Waals surface area contributed by atoms with Crippen molar-refractivity contribution in [2.45, 2.75) is 12.8 Å². The Labute approximate surface area is 95.8 Å². The minimum absolute atomic E-state index is 0.254. The molecule has 0 radical (unpaired) electrons. The van der Waals surface area contributed by atoms with Gasteiger partial charge in [-0.05, 0) is 12.0 Å². The highest BCUT2D eigenvalue weighted by Crippen LogP contribution is 2.14. The maximum absolute atomic E-state index is 11.3. The molecule has 1 aromatic carbocycles. The molecule has 0 bridgehead atoms. The van der Waals surface area contributed by atoms with Crippen LogP contribution in [0.5, 0.6) is 0 Å². The van der Waals surface area contributed by atoms with Crippen molar-refractivity contribution >= 4 is 11.9 Å². The van der Waals surface area contributed by atoms with E-state index in [-0.39, 0.29) is 5.78 Å². The van der Waals surface area contributed by atoms with Crippen LogP contribution >= 0.6 is 0 Å². The third-order valence-electron chi connectivity index (χ3n) is 2.53. The average molecular weight is 210 g/mol. The first-order chi connectivity index (χ1) is 7.86. The molecule has 1 aliphatic carbocycles. The molecule has 0 atom stereocenters. The fraction of sp³-hybridized carbons (Fsp3) is 0.133. The van der Waals surface area contributed by atoms with E-state index in [1.165, 1.54) is 5.56 Å². The summed E-state index contributed by atoms with van der Waals surface area (Å²) in [6.07, 6.45) is 11.3. The molecular formula is C15H14O. The van der Waals surface area contributed by atoms with Crippen molar-refractivity contribution in [1.29, 1.82) is 0 Å². The van der Waals surface area contributed by atoms with Gasteiger partial charge in [0.15, 0.2) is 5.78 Å². The van der Waals surface area contributed by atoms with Gasteiger partial charge in [0.05, 0.1) is 0 Å². The third-order valence-corrected chi connectivity index (χ3v) is 2.53. The Morgan fingerprint density at radius 1 is 1.00 bits per heavy atom. The number of hydrogen-bond donors (Lipinski definition) is 0. The van der Waals surface area contributed by atoms with Crippen molar-refractivity contribution < 1.29 is 4.79 Å². The summed E-state index contributed by atoms with van der Waals surface area (Å²) in [7, 11) is 0. The van der Waals surface area contributed by atoms with Crippen molar-refractivity contribution in [2.24, 2.45) is 0 Å². The summed E-state index contributed by atoms with van der Waals surface area (Å²) in [4.78, 5) is 11.3. The smallest absolute Gasteiger partial charge is 0.162 e. The van der Waals surface area contributed by atoms with Gasteiger partial charge in [0.1, 0.15) is 0 Å². The van der Waals surface area contributed by atoms with E-state index in [0.717, 1.165) is 12.0 Å². The predicted molar refractivity (Wildman–Crippen MR) is 66.9 cm³/mol. The Bertz CT molecular complexity index is 450. The molecule has 1 heteroatoms. The predicted octanol–water partition coefficient (Wildman–Crippen LogP) is 3.55. The molecule has 0 amide bonds. The lowest BCUT2D eigenvalue weighted by atomic mass is 10.2. The summed E-state index contributed by atoms with van der Waals surface area (Å²) >= 11 is 0. The van der Waals surface area contributed by atoms with Gasteiger partial charge in [-0.2, -0.15) is 0 Å². The number of hydrogen-bond acceptors (Lipinski definition) is 1. The quantitative estimate of drug-likeness (QED) is 0.697. The first-order valence-corrected chi connectivity index (χ1v) is 5.49. The zero-order valence-corrected chi connectivity index (χ0v) is 9.10. The van der Waals surface area contributed by atoms with Crippen LogP contribution in [0.2, 0.25) is 0 Å². The Morgan fingerprint density at radius 3 is 2.44 bits per heavy atom. The van der Waals surface area contributed by atoms with Crippen molar-refractivity contribution in [1.82, 2.24) is 0 Å². The molecule has 1 aliphatic rings. The maximum atomic E-state index is 11.3. The topological polar surface area (TPSA) is 17.1 Å². The van der Waals surface area contributed by atoms with Gasteiger partial charge in [0.2, 0.25) is 0 Å². The second-order valence-corrected chi connectivity index (χ2v) is 3.75. The Morgan fingerprint density at radius 2 is 1.75 bits per heavy atom. The van der Waals surface area contributed by atoms with E-state index in [1.807, 2.05) is 60.7 Å². The summed E-state index contributed by atoms with van der Waals surface area (Å²) in [6, 6.07) is 10.1. The van der Waals surface area contributed by atoms with E-state index in [4.69, 9.17) is 0 Å². The van der Waals surface area contributed by atoms with E-state index in [0.29, 0.717) is 6.42 Å². The Hall–Kier alpha value is -1.89. The summed E-state index contributed by atoms with van der Waals surface area (Å²) in [5, 5.41) is 0. The van der Waals surface area contributed by atoms with Gasteiger partial charge in [-0.1, -0.05) is 60.7 Å². The summed E-state index contributed by atoms with van der Waals surface area (Å²) in [6.45, 7) is 0. The maximum Gasteiger partial charge on any atom is 0.162 e. The number of rotatable bonds is 3. The van der Waals surface area contributed by atoms with Crippen LogP contribution in [0.25, 0.3) is 6.08 Å². The van der Waals surface area contributed by atoms with Crippen LogP contribution in [0.15, 0.2) is 60.2 Å². The van der Waals surface area contributed by atoms with Crippen molar-refractivity contribution in [3.63, 3.8) is 0 Å². The normalized spacial score (nSPS) is 16.2. The third kappa shape index (κ3) is 2.80. The van der Waals surface area contributed by atoms with Gasteiger partial charge in [-0.15, -0.1) is 0 Å². The number of carbonyl (C=O) groups is 1. The molecule has 0 heterocycles. The standard InChI is InChI=1S/C15H14O/c16-15-12-6-11-14(15)10-5-4-9-13-7-2-1-3-8-13/h1-5,7-11H,6,12H2/b9-4+,10-5-. The summed E-state index contributed by atoms with van der Waals surface area (Å²) < 4.78 is 0. The Kier molecular flexibility index (Phi) is 3.50. The summed E-state index contributed by atoms with van der Waals surface area (Å²) in [5.74, 6) is 0.254. The Balaban J connectivity index is 1.95. The van der Waals surface area contributed by atoms with Crippen LogP contribution in [-0.4, -0.2) is 5.78 Å². The van der Waals surface area contributed by atoms with Crippen molar-refractivity contribution in [3.05, 3.63) is 65.8 Å². The molecule has 1 nitrogen and oxygen atoms in total. The van der Waals surface area contributed by atoms with Crippen LogP contribution in [-0.2, 0) is 4.79 Å². The largest absolute Gasteiger partial charge is 0.294 e. The molecular weight excluding hydrogens is 196 g/mol. The van der Waals surface area contributed by atoms with Crippen LogP contribution in [0, 0.1) is 0 Å². The molecule has 0 N–H and O–H groups in total. The van der Waals surface area contributed by atoms with Crippen molar-refractivity contribution in [2.75, 3.05) is 0 Å². The molecule has 80 valence electrons. The number of benzene rings is 1. The number of Topliss-reactive ketones (excluding diaryl/α,β-unsaturated/α-hetero) is 1. The molecule has 1 aromatic rings. The fourth-order valence-corrected chi connectivity index (χ4v) is 1.67. The molecule has 0 aliphatic heterocycles. The zero-order chi connectivity index (χ0) is 11.2. The lowest BCUT2D eigenvalue weighted by Crippen LogP contribution is -1.90. The lowest BCUT2D eigenvalue weighted by Gasteiger charge is -1.89. The van der Waals surface area contributed by atoms with E-state index in [1.54, 1.807) is 0 Å². The highest BCUT2D eigenvalue weighted by atomic mass is 16.1. The molecule has 0 unspecified atom stereocenters. The van der Waals surface area contributed by atoms with E-state index >= 15 is 0 Å². The second kappa shape index (κ2) is 5.26. The van der Waals surface area contributed by atoms with Gasteiger partial charge < -0.3 is 0 Å². The van der Waals surface area contributed by atoms with Crippen molar-refractivity contribution in [3.8, 4) is 0 Å². The van der Waals surface area contributed by atoms with Gasteiger partial charge in [0, 0.05) is 12.0 Å². The molecule has 0 fully saturated rings. The highest BCUT2D eigenvalue weighted by Gasteiger charge is 2.10. The van der Waals surface area contributed by atoms with Gasteiger partial charge in [-0.3, -0.25) is 4.79 Å². The van der Waals surface area contributed by atoms with Gasteiger partial charge in [0.25, 0.3) is 0 Å². The molecule has 0 aromatic heterocycles. The summed E-state index contributed by atoms with van der Waals surface area (Å²) in [5.41, 5.74) is 2.01. The first-order valence-electron chi connectivity index (χ1n) is 5.49. The van der Waals surface area contributed by atoms with E-state index < -0.39 is 0 Å². The second-order valence-electron chi connectivity index (χ2n) is 3.75. The lowest BCUT2D eigenvalue weighted by molar-refractivity contribution is -0.114. The van der Waals surface area contributed by atoms with Gasteiger partial charge >= 0.3 is 0 Å². The number of allylic oxidation sites excluding steroid dienone is 5.